The molecule has 8 nitrogen and oxygen atoms in total. The zero-order valence-corrected chi connectivity index (χ0v) is 18.4. The summed E-state index contributed by atoms with van der Waals surface area (Å²) in [7, 11) is 0. The first-order valence-electron chi connectivity index (χ1n) is 11.5. The van der Waals surface area contributed by atoms with Crippen LogP contribution in [0.1, 0.15) is 49.7 Å². The summed E-state index contributed by atoms with van der Waals surface area (Å²) in [5.41, 5.74) is 0.855. The summed E-state index contributed by atoms with van der Waals surface area (Å²) >= 11 is 0. The third-order valence-corrected chi connectivity index (χ3v) is 6.99. The van der Waals surface area contributed by atoms with Gasteiger partial charge in [-0.3, -0.25) is 9.36 Å². The number of pyridine rings is 1. The van der Waals surface area contributed by atoms with Gasteiger partial charge in [0.15, 0.2) is 11.3 Å². The number of anilines is 1. The number of aromatic nitrogens is 4. The first-order valence-corrected chi connectivity index (χ1v) is 11.5. The van der Waals surface area contributed by atoms with Crippen LogP contribution in [0.3, 0.4) is 0 Å². The van der Waals surface area contributed by atoms with Crippen molar-refractivity contribution in [2.45, 2.75) is 50.2 Å². The molecule has 3 aliphatic rings. The van der Waals surface area contributed by atoms with E-state index in [0.29, 0.717) is 49.8 Å². The first-order chi connectivity index (χ1) is 16.0. The van der Waals surface area contributed by atoms with E-state index in [1.807, 2.05) is 11.5 Å². The maximum Gasteiger partial charge on any atom is 0.260 e. The Labute approximate surface area is 190 Å². The number of rotatable bonds is 4. The van der Waals surface area contributed by atoms with Crippen molar-refractivity contribution in [3.05, 3.63) is 42.0 Å². The fourth-order valence-electron chi connectivity index (χ4n) is 4.84. The molecule has 2 aliphatic carbocycles. The van der Waals surface area contributed by atoms with Crippen molar-refractivity contribution in [2.75, 3.05) is 24.5 Å². The number of fused-ring (bicyclic) bond motifs is 1. The number of piperazine rings is 1. The summed E-state index contributed by atoms with van der Waals surface area (Å²) in [6, 6.07) is 5.51. The third-order valence-electron chi connectivity index (χ3n) is 6.99. The van der Waals surface area contributed by atoms with E-state index in [9.17, 15) is 14.4 Å². The lowest BCUT2D eigenvalue weighted by molar-refractivity contribution is -0.140. The highest BCUT2D eigenvalue weighted by Gasteiger charge is 2.54. The van der Waals surface area contributed by atoms with E-state index in [2.05, 4.69) is 32.1 Å². The van der Waals surface area contributed by atoms with Crippen molar-refractivity contribution in [1.82, 2.24) is 24.4 Å². The van der Waals surface area contributed by atoms with Gasteiger partial charge in [0.1, 0.15) is 18.0 Å². The Morgan fingerprint density at radius 2 is 2.06 bits per heavy atom. The molecular formula is C24H24FN7O. The van der Waals surface area contributed by atoms with Gasteiger partial charge < -0.3 is 9.80 Å². The molecule has 0 bridgehead atoms. The smallest absolute Gasteiger partial charge is 0.260 e. The van der Waals surface area contributed by atoms with Gasteiger partial charge in [-0.2, -0.15) is 5.26 Å². The number of hydrogen-bond donors (Lipinski definition) is 0. The van der Waals surface area contributed by atoms with Crippen molar-refractivity contribution in [3.8, 4) is 11.9 Å². The molecule has 9 heteroatoms. The lowest BCUT2D eigenvalue weighted by atomic mass is 10.1. The molecule has 1 aliphatic heterocycles. The molecular weight excluding hydrogens is 421 g/mol. The van der Waals surface area contributed by atoms with Gasteiger partial charge in [0, 0.05) is 38.1 Å². The number of hydrogen-bond acceptors (Lipinski definition) is 6. The summed E-state index contributed by atoms with van der Waals surface area (Å²) in [6.45, 7) is 3.63. The molecule has 1 atom stereocenters. The molecule has 3 aromatic rings. The number of carbonyl (C=O) groups excluding carboxylic acids is 1. The van der Waals surface area contributed by atoms with Crippen LogP contribution in [-0.4, -0.2) is 61.7 Å². The summed E-state index contributed by atoms with van der Waals surface area (Å²) in [4.78, 5) is 30.2. The molecule has 0 spiro atoms. The Morgan fingerprint density at radius 3 is 2.76 bits per heavy atom. The fraction of sp³-hybridized carbons (Fsp3) is 0.458. The van der Waals surface area contributed by atoms with E-state index in [1.54, 1.807) is 29.6 Å². The normalized spacial score (nSPS) is 21.8. The minimum atomic E-state index is -1.64. The average Bonchev–Trinajstić information content (AvgIpc) is 3.77. The molecule has 168 valence electrons. The van der Waals surface area contributed by atoms with Gasteiger partial charge in [-0.15, -0.1) is 0 Å². The predicted octanol–water partition coefficient (Wildman–Crippen LogP) is 3.10. The van der Waals surface area contributed by atoms with Crippen LogP contribution in [0.25, 0.3) is 16.9 Å². The van der Waals surface area contributed by atoms with Gasteiger partial charge in [-0.05, 0) is 56.2 Å². The number of nitriles is 1. The van der Waals surface area contributed by atoms with Crippen LogP contribution in [0.5, 0.6) is 0 Å². The fourth-order valence-corrected chi connectivity index (χ4v) is 4.84. The van der Waals surface area contributed by atoms with E-state index in [4.69, 9.17) is 0 Å². The van der Waals surface area contributed by atoms with E-state index in [1.165, 1.54) is 5.56 Å². The lowest BCUT2D eigenvalue weighted by Gasteiger charge is -2.41. The molecule has 33 heavy (non-hydrogen) atoms. The Kier molecular flexibility index (Phi) is 4.41. The molecule has 0 radical (unpaired) electrons. The summed E-state index contributed by atoms with van der Waals surface area (Å²) in [5, 5.41) is 10.3. The molecule has 6 rings (SSSR count). The Morgan fingerprint density at radius 1 is 1.24 bits per heavy atom. The third kappa shape index (κ3) is 3.32. The van der Waals surface area contributed by atoms with Crippen molar-refractivity contribution in [3.63, 3.8) is 0 Å². The van der Waals surface area contributed by atoms with Crippen LogP contribution >= 0.6 is 0 Å². The second-order valence-electron chi connectivity index (χ2n) is 9.40. The van der Waals surface area contributed by atoms with Crippen LogP contribution in [-0.2, 0) is 4.79 Å². The van der Waals surface area contributed by atoms with Gasteiger partial charge in [0.05, 0.1) is 17.0 Å². The molecule has 0 N–H and O–H groups in total. The molecule has 2 saturated carbocycles. The predicted molar refractivity (Wildman–Crippen MR) is 120 cm³/mol. The number of halogens is 1. The van der Waals surface area contributed by atoms with Crippen LogP contribution in [0, 0.1) is 11.3 Å². The molecule has 0 aromatic carbocycles. The van der Waals surface area contributed by atoms with Gasteiger partial charge in [-0.25, -0.2) is 19.3 Å². The second-order valence-corrected chi connectivity index (χ2v) is 9.40. The average molecular weight is 446 g/mol. The van der Waals surface area contributed by atoms with Gasteiger partial charge in [0.25, 0.3) is 5.91 Å². The lowest BCUT2D eigenvalue weighted by Crippen LogP contribution is -2.56. The van der Waals surface area contributed by atoms with Gasteiger partial charge in [0.2, 0.25) is 0 Å². The molecule has 0 unspecified atom stereocenters. The highest BCUT2D eigenvalue weighted by atomic mass is 19.1. The van der Waals surface area contributed by atoms with Crippen LogP contribution in [0.2, 0.25) is 0 Å². The number of nitrogens with zero attached hydrogens (tertiary/aromatic N) is 7. The van der Waals surface area contributed by atoms with E-state index >= 15 is 0 Å². The van der Waals surface area contributed by atoms with E-state index in [0.717, 1.165) is 29.7 Å². The topological polar surface area (TPSA) is 90.9 Å². The quantitative estimate of drug-likeness (QED) is 0.613. The van der Waals surface area contributed by atoms with E-state index in [-0.39, 0.29) is 11.9 Å². The highest BCUT2D eigenvalue weighted by molar-refractivity contribution is 5.93. The molecule has 1 amide bonds. The maximum atomic E-state index is 14.4. The van der Waals surface area contributed by atoms with E-state index < -0.39 is 5.67 Å². The Hall–Kier alpha value is -3.54. The first kappa shape index (κ1) is 20.1. The Balaban J connectivity index is 1.38. The minimum Gasteiger partial charge on any atom is -0.352 e. The molecule has 3 aromatic heterocycles. The zero-order valence-electron chi connectivity index (χ0n) is 18.4. The SMILES string of the molecule is C[C@@H]1CN(c2ncnc3c2c(C2CC2)cn3-c2cc(C#N)ccn2)CCN1C(=O)C1(F)CC1. The minimum absolute atomic E-state index is 0.107. The van der Waals surface area contributed by atoms with Crippen molar-refractivity contribution >= 4 is 22.8 Å². The van der Waals surface area contributed by atoms with Crippen LogP contribution in [0.4, 0.5) is 10.2 Å². The Bertz CT molecular complexity index is 1300. The highest BCUT2D eigenvalue weighted by Crippen LogP contribution is 2.46. The van der Waals surface area contributed by atoms with Crippen molar-refractivity contribution in [1.29, 1.82) is 5.26 Å². The summed E-state index contributed by atoms with van der Waals surface area (Å²) in [5.74, 6) is 1.59. The summed E-state index contributed by atoms with van der Waals surface area (Å²) in [6.07, 6.45) is 8.19. The zero-order chi connectivity index (χ0) is 22.7. The maximum absolute atomic E-state index is 14.4. The molecule has 3 fully saturated rings. The monoisotopic (exact) mass is 445 g/mol. The summed E-state index contributed by atoms with van der Waals surface area (Å²) < 4.78 is 16.3. The molecule has 4 heterocycles. The van der Waals surface area contributed by atoms with Gasteiger partial charge in [-0.1, -0.05) is 0 Å². The van der Waals surface area contributed by atoms with Crippen molar-refractivity contribution < 1.29 is 9.18 Å². The van der Waals surface area contributed by atoms with Gasteiger partial charge >= 0.3 is 0 Å². The number of amides is 1. The van der Waals surface area contributed by atoms with Crippen molar-refractivity contribution in [2.24, 2.45) is 0 Å². The largest absolute Gasteiger partial charge is 0.352 e. The second kappa shape index (κ2) is 7.24. The number of alkyl halides is 1. The molecule has 1 saturated heterocycles. The van der Waals surface area contributed by atoms with Crippen LogP contribution < -0.4 is 4.90 Å². The van der Waals surface area contributed by atoms with Crippen LogP contribution in [0.15, 0.2) is 30.9 Å². The number of carbonyl (C=O) groups is 1. The standard InChI is InChI=1S/C24H24FN7O/c1-15-12-30(8-9-31(15)23(33)24(25)5-6-24)21-20-18(17-2-3-17)13-32(22(20)29-14-28-21)19-10-16(11-26)4-7-27-19/h4,7,10,13-15,17H,2-3,5-6,8-9,12H2,1H3/t15-/m1/s1.